The number of carbonyl (C=O) groups excluding carboxylic acids is 1. The van der Waals surface area contributed by atoms with E-state index in [-0.39, 0.29) is 11.6 Å². The molecule has 1 fully saturated rings. The van der Waals surface area contributed by atoms with Crippen molar-refractivity contribution in [2.24, 2.45) is 7.05 Å². The van der Waals surface area contributed by atoms with Gasteiger partial charge in [-0.05, 0) is 82.5 Å². The van der Waals surface area contributed by atoms with Crippen LogP contribution in [-0.4, -0.2) is 58.5 Å². The maximum Gasteiger partial charge on any atom is 0.419 e. The lowest BCUT2D eigenvalue weighted by Gasteiger charge is -2.36. The van der Waals surface area contributed by atoms with Gasteiger partial charge >= 0.3 is 11.8 Å². The van der Waals surface area contributed by atoms with E-state index in [0.29, 0.717) is 11.1 Å². The number of carbonyl (C=O) groups is 1. The molecular formula is C29H35FN4O4. The average Bonchev–Trinajstić information content (AvgIpc) is 3.37. The molecule has 0 aliphatic carbocycles. The molecule has 0 saturated carbocycles. The molecule has 2 aromatic carbocycles. The SMILES string of the molecule is Cn1c(=O)oc2c(N3CCN(CCCCc4cn(C(=O)OC(C)(C)C)c5ccc(F)cc45)CC3)cccc21. The molecule has 0 radical (unpaired) electrons. The molecule has 0 spiro atoms. The van der Waals surface area contributed by atoms with Crippen molar-refractivity contribution >= 4 is 33.8 Å². The summed E-state index contributed by atoms with van der Waals surface area (Å²) >= 11 is 0. The Morgan fingerprint density at radius 3 is 2.55 bits per heavy atom. The average molecular weight is 523 g/mol. The van der Waals surface area contributed by atoms with Crippen LogP contribution in [0.4, 0.5) is 14.9 Å². The molecule has 2 aromatic heterocycles. The maximum absolute atomic E-state index is 14.0. The van der Waals surface area contributed by atoms with E-state index in [9.17, 15) is 14.0 Å². The van der Waals surface area contributed by atoms with Crippen LogP contribution in [0.3, 0.4) is 0 Å². The van der Waals surface area contributed by atoms with Gasteiger partial charge in [-0.2, -0.15) is 0 Å². The van der Waals surface area contributed by atoms with Crippen molar-refractivity contribution in [3.05, 3.63) is 64.5 Å². The normalized spacial score (nSPS) is 15.0. The summed E-state index contributed by atoms with van der Waals surface area (Å²) in [6, 6.07) is 10.4. The van der Waals surface area contributed by atoms with Crippen LogP contribution in [-0.2, 0) is 18.2 Å². The van der Waals surface area contributed by atoms with E-state index in [1.165, 1.54) is 21.3 Å². The standard InChI is InChI=1S/C29H35FN4O4/c1-29(2,3)38-28(36)34-19-20(22-18-21(30)11-12-23(22)34)8-5-6-13-32-14-16-33(17-15-32)25-10-7-9-24-26(25)37-27(35)31(24)4/h7,9-12,18-19H,5-6,8,13-17H2,1-4H3. The molecule has 4 aromatic rings. The molecule has 0 atom stereocenters. The van der Waals surface area contributed by atoms with E-state index in [4.69, 9.17) is 9.15 Å². The molecule has 0 N–H and O–H groups in total. The first-order chi connectivity index (χ1) is 18.1. The zero-order valence-electron chi connectivity index (χ0n) is 22.5. The van der Waals surface area contributed by atoms with E-state index in [0.717, 1.165) is 74.1 Å². The molecule has 0 amide bonds. The first-order valence-electron chi connectivity index (χ1n) is 13.2. The monoisotopic (exact) mass is 522 g/mol. The molecule has 1 saturated heterocycles. The summed E-state index contributed by atoms with van der Waals surface area (Å²) in [6.45, 7) is 10.0. The highest BCUT2D eigenvalue weighted by molar-refractivity contribution is 5.92. The summed E-state index contributed by atoms with van der Waals surface area (Å²) in [5.74, 6) is -0.660. The smallest absolute Gasteiger partial charge is 0.419 e. The third-order valence-electron chi connectivity index (χ3n) is 7.12. The Labute approximate surface area is 221 Å². The number of benzene rings is 2. The summed E-state index contributed by atoms with van der Waals surface area (Å²) in [7, 11) is 1.72. The predicted octanol–water partition coefficient (Wildman–Crippen LogP) is 5.15. The Morgan fingerprint density at radius 1 is 1.05 bits per heavy atom. The van der Waals surface area contributed by atoms with Crippen molar-refractivity contribution in [3.63, 3.8) is 0 Å². The summed E-state index contributed by atoms with van der Waals surface area (Å²) < 4.78 is 28.1. The number of rotatable bonds is 6. The number of para-hydroxylation sites is 1. The molecule has 1 aliphatic heterocycles. The number of piperazine rings is 1. The van der Waals surface area contributed by atoms with E-state index in [2.05, 4.69) is 9.80 Å². The van der Waals surface area contributed by atoms with Crippen molar-refractivity contribution < 1.29 is 18.3 Å². The Morgan fingerprint density at radius 2 is 1.82 bits per heavy atom. The Bertz CT molecular complexity index is 1520. The van der Waals surface area contributed by atoms with Crippen molar-refractivity contribution in [1.82, 2.24) is 14.0 Å². The van der Waals surface area contributed by atoms with Gasteiger partial charge in [-0.15, -0.1) is 0 Å². The molecule has 3 heterocycles. The van der Waals surface area contributed by atoms with Gasteiger partial charge in [-0.1, -0.05) is 6.07 Å². The van der Waals surface area contributed by atoms with E-state index >= 15 is 0 Å². The predicted molar refractivity (Wildman–Crippen MR) is 147 cm³/mol. The van der Waals surface area contributed by atoms with Gasteiger partial charge in [0.1, 0.15) is 11.4 Å². The molecule has 8 nitrogen and oxygen atoms in total. The fourth-order valence-corrected chi connectivity index (χ4v) is 5.18. The van der Waals surface area contributed by atoms with E-state index in [1.54, 1.807) is 19.3 Å². The van der Waals surface area contributed by atoms with Gasteiger partial charge in [0.2, 0.25) is 0 Å². The Balaban J connectivity index is 1.17. The number of fused-ring (bicyclic) bond motifs is 2. The quantitative estimate of drug-likeness (QED) is 0.326. The third-order valence-corrected chi connectivity index (χ3v) is 7.12. The van der Waals surface area contributed by atoms with Gasteiger partial charge in [-0.25, -0.2) is 14.0 Å². The van der Waals surface area contributed by atoms with E-state index in [1.807, 2.05) is 39.0 Å². The third kappa shape index (κ3) is 5.34. The number of aromatic nitrogens is 2. The number of aryl methyl sites for hydroxylation is 2. The number of oxazole rings is 1. The lowest BCUT2D eigenvalue weighted by molar-refractivity contribution is 0.0544. The molecule has 5 rings (SSSR count). The largest absolute Gasteiger partial charge is 0.443 e. The zero-order valence-corrected chi connectivity index (χ0v) is 22.5. The summed E-state index contributed by atoms with van der Waals surface area (Å²) in [4.78, 5) is 29.4. The highest BCUT2D eigenvalue weighted by atomic mass is 19.1. The number of hydrogen-bond donors (Lipinski definition) is 0. The summed E-state index contributed by atoms with van der Waals surface area (Å²) in [5, 5.41) is 0.756. The van der Waals surface area contributed by atoms with Gasteiger partial charge in [0, 0.05) is 44.8 Å². The van der Waals surface area contributed by atoms with Crippen LogP contribution < -0.4 is 10.7 Å². The lowest BCUT2D eigenvalue weighted by Crippen LogP contribution is -2.46. The van der Waals surface area contributed by atoms with Crippen LogP contribution in [0.15, 0.2) is 51.8 Å². The molecular weight excluding hydrogens is 487 g/mol. The minimum absolute atomic E-state index is 0.316. The number of nitrogens with zero attached hydrogens (tertiary/aromatic N) is 4. The van der Waals surface area contributed by atoms with Crippen molar-refractivity contribution in [1.29, 1.82) is 0 Å². The Hall–Kier alpha value is -3.59. The number of hydrogen-bond acceptors (Lipinski definition) is 6. The van der Waals surface area contributed by atoms with Crippen LogP contribution >= 0.6 is 0 Å². The van der Waals surface area contributed by atoms with Crippen molar-refractivity contribution in [3.8, 4) is 0 Å². The van der Waals surface area contributed by atoms with Gasteiger partial charge in [-0.3, -0.25) is 14.0 Å². The van der Waals surface area contributed by atoms with Crippen molar-refractivity contribution in [2.75, 3.05) is 37.6 Å². The molecule has 0 unspecified atom stereocenters. The minimum Gasteiger partial charge on any atom is -0.443 e. The number of ether oxygens (including phenoxy) is 1. The first-order valence-corrected chi connectivity index (χ1v) is 13.2. The van der Waals surface area contributed by atoms with Crippen LogP contribution in [0.2, 0.25) is 0 Å². The second-order valence-electron chi connectivity index (χ2n) is 11.0. The number of halogens is 1. The molecule has 0 bridgehead atoms. The van der Waals surface area contributed by atoms with E-state index < -0.39 is 11.7 Å². The van der Waals surface area contributed by atoms with Crippen LogP contribution in [0.1, 0.15) is 39.2 Å². The highest BCUT2D eigenvalue weighted by Crippen LogP contribution is 2.28. The van der Waals surface area contributed by atoms with Crippen LogP contribution in [0, 0.1) is 5.82 Å². The van der Waals surface area contributed by atoms with Crippen LogP contribution in [0.25, 0.3) is 22.0 Å². The number of unbranched alkanes of at least 4 members (excludes halogenated alkanes) is 1. The summed E-state index contributed by atoms with van der Waals surface area (Å²) in [5.41, 5.74) is 3.43. The molecule has 38 heavy (non-hydrogen) atoms. The first kappa shape index (κ1) is 26.0. The van der Waals surface area contributed by atoms with Crippen LogP contribution in [0.5, 0.6) is 0 Å². The fourth-order valence-electron chi connectivity index (χ4n) is 5.18. The Kier molecular flexibility index (Phi) is 7.05. The fraction of sp³-hybridized carbons (Fsp3) is 0.448. The molecule has 1 aliphatic rings. The second-order valence-corrected chi connectivity index (χ2v) is 11.0. The zero-order chi connectivity index (χ0) is 27.0. The molecule has 9 heteroatoms. The lowest BCUT2D eigenvalue weighted by atomic mass is 10.1. The topological polar surface area (TPSA) is 72.9 Å². The van der Waals surface area contributed by atoms with Gasteiger partial charge < -0.3 is 14.1 Å². The second kappa shape index (κ2) is 10.3. The summed E-state index contributed by atoms with van der Waals surface area (Å²) in [6.07, 6.45) is 4.02. The maximum atomic E-state index is 14.0. The van der Waals surface area contributed by atoms with Gasteiger partial charge in [0.05, 0.1) is 16.7 Å². The molecule has 202 valence electrons. The highest BCUT2D eigenvalue weighted by Gasteiger charge is 2.22. The van der Waals surface area contributed by atoms with Gasteiger partial charge in [0.15, 0.2) is 5.58 Å². The van der Waals surface area contributed by atoms with Crippen molar-refractivity contribution in [2.45, 2.75) is 45.6 Å². The van der Waals surface area contributed by atoms with Gasteiger partial charge in [0.25, 0.3) is 0 Å². The minimum atomic E-state index is -0.612. The number of anilines is 1.